The Labute approximate surface area is 66.3 Å². The molecular formula is C4H9NiO3P. The van der Waals surface area contributed by atoms with Gasteiger partial charge in [0.15, 0.2) is 0 Å². The van der Waals surface area contributed by atoms with E-state index in [2.05, 4.69) is 4.52 Å². The zero-order chi connectivity index (χ0) is 6.41. The largest absolute Gasteiger partial charge is 2.00 e. The molecule has 0 aromatic heterocycles. The van der Waals surface area contributed by atoms with Gasteiger partial charge in [0.1, 0.15) is 0 Å². The smallest absolute Gasteiger partial charge is 0.820 e. The molecule has 0 amide bonds. The number of rotatable bonds is 4. The Balaban J connectivity index is 0. The van der Waals surface area contributed by atoms with Crippen LogP contribution in [0.4, 0.5) is 0 Å². The van der Waals surface area contributed by atoms with Gasteiger partial charge in [0.25, 0.3) is 0 Å². The normalized spacial score (nSPS) is 9.33. The molecule has 0 aliphatic rings. The molecule has 0 fully saturated rings. The van der Waals surface area contributed by atoms with Gasteiger partial charge in [0.2, 0.25) is 0 Å². The summed E-state index contributed by atoms with van der Waals surface area (Å²) in [6.07, 6.45) is 1.77. The topological polar surface area (TPSA) is 55.3 Å². The van der Waals surface area contributed by atoms with Gasteiger partial charge in [-0.1, -0.05) is 13.3 Å². The summed E-state index contributed by atoms with van der Waals surface area (Å²) in [5, 5.41) is 0. The quantitative estimate of drug-likeness (QED) is 0.352. The Morgan fingerprint density at radius 1 is 1.44 bits per heavy atom. The zero-order valence-electron chi connectivity index (χ0n) is 5.11. The van der Waals surface area contributed by atoms with Gasteiger partial charge in [0, 0.05) is 6.61 Å². The molecule has 0 saturated heterocycles. The first kappa shape index (κ1) is 12.5. The van der Waals surface area contributed by atoms with Crippen LogP contribution in [0.5, 0.6) is 0 Å². The van der Waals surface area contributed by atoms with Gasteiger partial charge in [-0.15, -0.1) is 0 Å². The van der Waals surface area contributed by atoms with Crippen molar-refractivity contribution in [2.24, 2.45) is 0 Å². The van der Waals surface area contributed by atoms with Gasteiger partial charge in [-0.3, -0.25) is 0 Å². The molecule has 58 valence electrons. The van der Waals surface area contributed by atoms with E-state index in [-0.39, 0.29) is 16.5 Å². The Kier molecular flexibility index (Phi) is 12.2. The van der Waals surface area contributed by atoms with Crippen molar-refractivity contribution in [2.75, 3.05) is 6.61 Å². The van der Waals surface area contributed by atoms with E-state index in [1.807, 2.05) is 6.92 Å². The zero-order valence-corrected chi connectivity index (χ0v) is 6.99. The van der Waals surface area contributed by atoms with Gasteiger partial charge >= 0.3 is 16.5 Å². The summed E-state index contributed by atoms with van der Waals surface area (Å²) in [5.74, 6) is 0. The summed E-state index contributed by atoms with van der Waals surface area (Å²) >= 11 is 0. The van der Waals surface area contributed by atoms with Crippen molar-refractivity contribution in [3.05, 3.63) is 0 Å². The predicted molar refractivity (Wildman–Crippen MR) is 27.8 cm³/mol. The monoisotopic (exact) mass is 194 g/mol. The van der Waals surface area contributed by atoms with Gasteiger partial charge in [-0.2, -0.15) is 8.60 Å². The van der Waals surface area contributed by atoms with Crippen LogP contribution in [0.2, 0.25) is 0 Å². The van der Waals surface area contributed by atoms with Crippen molar-refractivity contribution in [3.8, 4) is 0 Å². The average molecular weight is 195 g/mol. The van der Waals surface area contributed by atoms with Crippen molar-refractivity contribution < 1.29 is 30.8 Å². The molecule has 5 heteroatoms. The summed E-state index contributed by atoms with van der Waals surface area (Å²) in [7, 11) is -2.61. The van der Waals surface area contributed by atoms with Crippen LogP contribution in [0, 0.1) is 0 Å². The van der Waals surface area contributed by atoms with Crippen LogP contribution >= 0.6 is 8.60 Å². The Morgan fingerprint density at radius 2 is 2.00 bits per heavy atom. The van der Waals surface area contributed by atoms with Crippen molar-refractivity contribution in [1.29, 1.82) is 0 Å². The molecule has 0 unspecified atom stereocenters. The Hall–Kier alpha value is 0.804. The van der Waals surface area contributed by atoms with Gasteiger partial charge < -0.3 is 14.3 Å². The molecule has 0 saturated carbocycles. The molecule has 0 N–H and O–H groups in total. The Morgan fingerprint density at radius 3 is 2.33 bits per heavy atom. The summed E-state index contributed by atoms with van der Waals surface area (Å²) in [6.45, 7) is 2.30. The molecule has 0 rings (SSSR count). The van der Waals surface area contributed by atoms with E-state index < -0.39 is 8.60 Å². The van der Waals surface area contributed by atoms with Gasteiger partial charge in [-0.25, -0.2) is 0 Å². The van der Waals surface area contributed by atoms with Crippen LogP contribution in [0.3, 0.4) is 0 Å². The van der Waals surface area contributed by atoms with E-state index >= 15 is 0 Å². The second kappa shape index (κ2) is 8.80. The average Bonchev–Trinajstić information content (AvgIpc) is 1.66. The van der Waals surface area contributed by atoms with Crippen molar-refractivity contribution >= 4 is 8.60 Å². The summed E-state index contributed by atoms with van der Waals surface area (Å²) in [4.78, 5) is 19.4. The minimum absolute atomic E-state index is 0. The molecule has 0 heterocycles. The van der Waals surface area contributed by atoms with E-state index in [1.165, 1.54) is 0 Å². The minimum Gasteiger partial charge on any atom is -0.820 e. The third-order valence-electron chi connectivity index (χ3n) is 0.695. The Bertz CT molecular complexity index is 53.1. The molecule has 0 aliphatic heterocycles. The van der Waals surface area contributed by atoms with Crippen LogP contribution in [0.25, 0.3) is 0 Å². The van der Waals surface area contributed by atoms with Crippen LogP contribution < -0.4 is 9.79 Å². The maximum Gasteiger partial charge on any atom is 2.00 e. The third-order valence-corrected chi connectivity index (χ3v) is 1.09. The number of unbranched alkanes of at least 4 members (excludes halogenated alkanes) is 1. The number of hydrogen-bond donors (Lipinski definition) is 0. The van der Waals surface area contributed by atoms with Crippen LogP contribution in [-0.2, 0) is 21.0 Å². The molecule has 3 nitrogen and oxygen atoms in total. The molecular weight excluding hydrogens is 186 g/mol. The molecule has 0 atom stereocenters. The molecule has 0 radical (unpaired) electrons. The van der Waals surface area contributed by atoms with Crippen molar-refractivity contribution in [3.63, 3.8) is 0 Å². The van der Waals surface area contributed by atoms with Crippen LogP contribution in [0.15, 0.2) is 0 Å². The van der Waals surface area contributed by atoms with Gasteiger partial charge in [0.05, 0.1) is 0 Å². The molecule has 0 aromatic rings. The van der Waals surface area contributed by atoms with Crippen LogP contribution in [-0.4, -0.2) is 6.61 Å². The third kappa shape index (κ3) is 12.1. The first-order valence-electron chi connectivity index (χ1n) is 2.54. The maximum atomic E-state index is 9.69. The molecule has 0 bridgehead atoms. The molecule has 0 aliphatic carbocycles. The fraction of sp³-hybridized carbons (Fsp3) is 1.00. The molecule has 0 spiro atoms. The summed E-state index contributed by atoms with van der Waals surface area (Å²) < 4.78 is 4.24. The van der Waals surface area contributed by atoms with Crippen molar-refractivity contribution in [2.45, 2.75) is 19.8 Å². The molecule has 0 aromatic carbocycles. The summed E-state index contributed by atoms with van der Waals surface area (Å²) in [5.41, 5.74) is 0. The minimum atomic E-state index is -2.61. The molecule has 9 heavy (non-hydrogen) atoms. The van der Waals surface area contributed by atoms with Crippen molar-refractivity contribution in [1.82, 2.24) is 0 Å². The fourth-order valence-electron chi connectivity index (χ4n) is 0.283. The van der Waals surface area contributed by atoms with E-state index in [0.29, 0.717) is 6.61 Å². The first-order chi connectivity index (χ1) is 3.77. The second-order valence-electron chi connectivity index (χ2n) is 1.41. The van der Waals surface area contributed by atoms with Crippen LogP contribution in [0.1, 0.15) is 19.8 Å². The SMILES string of the molecule is CCCCOP([O-])[O-].[Ni+2]. The first-order valence-corrected chi connectivity index (χ1v) is 3.64. The number of hydrogen-bond acceptors (Lipinski definition) is 3. The van der Waals surface area contributed by atoms with Gasteiger partial charge in [-0.05, 0) is 6.42 Å². The summed E-state index contributed by atoms with van der Waals surface area (Å²) in [6, 6.07) is 0. The van der Waals surface area contributed by atoms with E-state index in [4.69, 9.17) is 0 Å². The second-order valence-corrected chi connectivity index (χ2v) is 2.12. The van der Waals surface area contributed by atoms with E-state index in [1.54, 1.807) is 0 Å². The van der Waals surface area contributed by atoms with E-state index in [9.17, 15) is 9.79 Å². The van der Waals surface area contributed by atoms with E-state index in [0.717, 1.165) is 12.8 Å². The maximum absolute atomic E-state index is 9.69. The predicted octanol–water partition coefficient (Wildman–Crippen LogP) is -0.252. The standard InChI is InChI=1S/C4H9O3P.Ni/c1-2-3-4-7-8(5)6;/h2-4H2,1H3;/q-2;+2. The fourth-order valence-corrected chi connectivity index (χ4v) is 0.562.